The maximum Gasteiger partial charge on any atom is 0.272 e. The van der Waals surface area contributed by atoms with Gasteiger partial charge in [-0.05, 0) is 43.1 Å². The molecule has 0 spiro atoms. The van der Waals surface area contributed by atoms with Crippen LogP contribution in [-0.2, 0) is 6.54 Å². The van der Waals surface area contributed by atoms with E-state index in [2.05, 4.69) is 15.5 Å². The van der Waals surface area contributed by atoms with Gasteiger partial charge < -0.3 is 5.32 Å². The molecule has 4 aliphatic carbocycles. The maximum atomic E-state index is 11.9. The molecule has 1 heterocycles. The summed E-state index contributed by atoms with van der Waals surface area (Å²) in [5, 5.41) is 11.4. The van der Waals surface area contributed by atoms with Gasteiger partial charge in [0.1, 0.15) is 12.2 Å². The van der Waals surface area contributed by atoms with Crippen LogP contribution in [0.2, 0.25) is 0 Å². The highest BCUT2D eigenvalue weighted by atomic mass is 16.1. The van der Waals surface area contributed by atoms with E-state index in [0.29, 0.717) is 5.54 Å². The topological polar surface area (TPSA) is 62.4 Å². The third kappa shape index (κ3) is 2.23. The minimum atomic E-state index is -0.0841. The molecule has 0 aliphatic heterocycles. The van der Waals surface area contributed by atoms with E-state index in [-0.39, 0.29) is 5.56 Å². The summed E-state index contributed by atoms with van der Waals surface area (Å²) in [6, 6.07) is 7.84. The highest BCUT2D eigenvalue weighted by Gasteiger charge is 2.53. The number of hydrogen-bond donors (Lipinski definition) is 2. The Labute approximate surface area is 135 Å². The van der Waals surface area contributed by atoms with E-state index >= 15 is 0 Å². The van der Waals surface area contributed by atoms with Crippen molar-refractivity contribution in [2.24, 2.45) is 17.8 Å². The fourth-order valence-electron chi connectivity index (χ4n) is 6.07. The Morgan fingerprint density at radius 1 is 1.04 bits per heavy atom. The average Bonchev–Trinajstić information content (AvgIpc) is 2.53. The number of nitrogens with zero attached hydrogens (tertiary/aromatic N) is 1. The molecule has 6 rings (SSSR count). The molecule has 120 valence electrons. The Morgan fingerprint density at radius 3 is 2.30 bits per heavy atom. The number of aromatic nitrogens is 2. The summed E-state index contributed by atoms with van der Waals surface area (Å²) in [6.07, 6.45) is 8.60. The second-order valence-electron chi connectivity index (χ2n) is 8.23. The van der Waals surface area contributed by atoms with Crippen molar-refractivity contribution < 1.29 is 5.32 Å². The van der Waals surface area contributed by atoms with Gasteiger partial charge >= 0.3 is 0 Å². The highest BCUT2D eigenvalue weighted by Crippen LogP contribution is 2.54. The number of H-pyrrole nitrogens is 1. The molecule has 3 N–H and O–H groups in total. The Hall–Kier alpha value is -1.68. The first kappa shape index (κ1) is 13.7. The number of hydrogen-bond acceptors (Lipinski definition) is 2. The zero-order chi connectivity index (χ0) is 15.4. The van der Waals surface area contributed by atoms with E-state index in [9.17, 15) is 4.79 Å². The molecular weight excluding hydrogens is 286 g/mol. The number of quaternary nitrogens is 1. The van der Waals surface area contributed by atoms with Crippen molar-refractivity contribution in [1.29, 1.82) is 0 Å². The van der Waals surface area contributed by atoms with Gasteiger partial charge in [0.05, 0.1) is 10.9 Å². The molecule has 4 nitrogen and oxygen atoms in total. The molecule has 23 heavy (non-hydrogen) atoms. The fraction of sp³-hybridized carbons (Fsp3) is 0.579. The molecule has 0 saturated heterocycles. The van der Waals surface area contributed by atoms with E-state index in [1.165, 1.54) is 38.5 Å². The van der Waals surface area contributed by atoms with Gasteiger partial charge in [0.2, 0.25) is 0 Å². The SMILES string of the molecule is O=c1[nH]nc(C[NH2+]C23CC4CC(CC(C4)C2)C3)c2ccccc12. The van der Waals surface area contributed by atoms with Crippen LogP contribution in [0.3, 0.4) is 0 Å². The quantitative estimate of drug-likeness (QED) is 0.910. The zero-order valence-electron chi connectivity index (χ0n) is 13.4. The average molecular weight is 310 g/mol. The first-order chi connectivity index (χ1) is 11.2. The smallest absolute Gasteiger partial charge is 0.272 e. The predicted octanol–water partition coefficient (Wildman–Crippen LogP) is 1.96. The van der Waals surface area contributed by atoms with Gasteiger partial charge in [-0.1, -0.05) is 18.2 Å². The lowest BCUT2D eigenvalue weighted by atomic mass is 9.53. The Kier molecular flexibility index (Phi) is 2.93. The lowest BCUT2D eigenvalue weighted by Crippen LogP contribution is -2.97. The number of nitrogens with two attached hydrogens (primary N) is 1. The lowest BCUT2D eigenvalue weighted by Gasteiger charge is -2.54. The normalized spacial score (nSPS) is 35.0. The summed E-state index contributed by atoms with van der Waals surface area (Å²) >= 11 is 0. The zero-order valence-corrected chi connectivity index (χ0v) is 13.4. The molecule has 0 amide bonds. The second-order valence-corrected chi connectivity index (χ2v) is 8.23. The minimum Gasteiger partial charge on any atom is -0.336 e. The number of aromatic amines is 1. The standard InChI is InChI=1S/C19H23N3O/c23-18-16-4-2-1-3-15(16)17(21-22-18)11-20-19-8-12-5-13(9-19)7-14(6-12)10-19/h1-4,12-14,20H,5-11H2,(H,22,23)/p+1. The van der Waals surface area contributed by atoms with Crippen molar-refractivity contribution >= 4 is 10.8 Å². The molecule has 4 bridgehead atoms. The van der Waals surface area contributed by atoms with E-state index in [4.69, 9.17) is 0 Å². The molecular formula is C19H24N3O+. The van der Waals surface area contributed by atoms with E-state index < -0.39 is 0 Å². The molecule has 4 heteroatoms. The number of nitrogens with one attached hydrogen (secondary N) is 1. The Bertz CT molecular complexity index is 774. The summed E-state index contributed by atoms with van der Waals surface area (Å²) in [4.78, 5) is 11.9. The summed E-state index contributed by atoms with van der Waals surface area (Å²) in [5.41, 5.74) is 1.39. The monoisotopic (exact) mass is 310 g/mol. The minimum absolute atomic E-state index is 0.0841. The molecule has 1 aromatic carbocycles. The van der Waals surface area contributed by atoms with Crippen molar-refractivity contribution in [2.45, 2.75) is 50.6 Å². The summed E-state index contributed by atoms with van der Waals surface area (Å²) in [6.45, 7) is 0.878. The van der Waals surface area contributed by atoms with Crippen LogP contribution in [0.4, 0.5) is 0 Å². The van der Waals surface area contributed by atoms with Crippen molar-refractivity contribution in [1.82, 2.24) is 10.2 Å². The van der Waals surface area contributed by atoms with Crippen LogP contribution in [0.15, 0.2) is 29.1 Å². The van der Waals surface area contributed by atoms with Crippen molar-refractivity contribution in [2.75, 3.05) is 0 Å². The lowest BCUT2D eigenvalue weighted by molar-refractivity contribution is -0.753. The molecule has 2 aromatic rings. The van der Waals surface area contributed by atoms with Crippen LogP contribution in [-0.4, -0.2) is 15.7 Å². The summed E-state index contributed by atoms with van der Waals surface area (Å²) in [7, 11) is 0. The van der Waals surface area contributed by atoms with Crippen LogP contribution < -0.4 is 10.9 Å². The van der Waals surface area contributed by atoms with Crippen LogP contribution in [0.1, 0.15) is 44.2 Å². The van der Waals surface area contributed by atoms with Crippen LogP contribution in [0.25, 0.3) is 10.8 Å². The summed E-state index contributed by atoms with van der Waals surface area (Å²) in [5.74, 6) is 2.91. The predicted molar refractivity (Wildman–Crippen MR) is 88.9 cm³/mol. The largest absolute Gasteiger partial charge is 0.336 e. The number of rotatable bonds is 3. The molecule has 4 aliphatic rings. The molecule has 0 unspecified atom stereocenters. The van der Waals surface area contributed by atoms with Gasteiger partial charge in [0.25, 0.3) is 5.56 Å². The van der Waals surface area contributed by atoms with Crippen LogP contribution >= 0.6 is 0 Å². The first-order valence-electron chi connectivity index (χ1n) is 9.01. The fourth-order valence-corrected chi connectivity index (χ4v) is 6.07. The van der Waals surface area contributed by atoms with Crippen LogP contribution in [0, 0.1) is 17.8 Å². The molecule has 4 fully saturated rings. The molecule has 1 aromatic heterocycles. The number of benzene rings is 1. The first-order valence-corrected chi connectivity index (χ1v) is 9.01. The molecule has 0 atom stereocenters. The van der Waals surface area contributed by atoms with Gasteiger partial charge in [-0.3, -0.25) is 4.79 Å². The van der Waals surface area contributed by atoms with Gasteiger partial charge in [-0.2, -0.15) is 5.10 Å². The van der Waals surface area contributed by atoms with E-state index in [0.717, 1.165) is 40.8 Å². The van der Waals surface area contributed by atoms with Crippen molar-refractivity contribution in [3.8, 4) is 0 Å². The molecule has 4 saturated carbocycles. The third-order valence-corrected chi connectivity index (χ3v) is 6.59. The van der Waals surface area contributed by atoms with Gasteiger partial charge in [0, 0.05) is 24.6 Å². The Morgan fingerprint density at radius 2 is 1.65 bits per heavy atom. The highest BCUT2D eigenvalue weighted by molar-refractivity contribution is 5.83. The summed E-state index contributed by atoms with van der Waals surface area (Å²) < 4.78 is 0. The van der Waals surface area contributed by atoms with Gasteiger partial charge in [0.15, 0.2) is 0 Å². The Balaban J connectivity index is 1.43. The van der Waals surface area contributed by atoms with E-state index in [1.807, 2.05) is 24.3 Å². The second kappa shape index (κ2) is 4.91. The maximum absolute atomic E-state index is 11.9. The van der Waals surface area contributed by atoms with Crippen LogP contribution in [0.5, 0.6) is 0 Å². The van der Waals surface area contributed by atoms with Gasteiger partial charge in [-0.25, -0.2) is 5.10 Å². The third-order valence-electron chi connectivity index (χ3n) is 6.59. The van der Waals surface area contributed by atoms with Crippen molar-refractivity contribution in [3.63, 3.8) is 0 Å². The number of fused-ring (bicyclic) bond motifs is 1. The molecule has 0 radical (unpaired) electrons. The van der Waals surface area contributed by atoms with Crippen molar-refractivity contribution in [3.05, 3.63) is 40.3 Å². The van der Waals surface area contributed by atoms with Gasteiger partial charge in [-0.15, -0.1) is 0 Å². The van der Waals surface area contributed by atoms with E-state index in [1.54, 1.807) is 0 Å².